The Morgan fingerprint density at radius 1 is 0.586 bits per heavy atom. The molecule has 0 bridgehead atoms. The monoisotopic (exact) mass is 410 g/mol. The maximum atomic E-state index is 10.7. The summed E-state index contributed by atoms with van der Waals surface area (Å²) in [5.74, 6) is 0. The highest BCUT2D eigenvalue weighted by atomic mass is 16.2. The third-order valence-corrected chi connectivity index (χ3v) is 3.04. The van der Waals surface area contributed by atoms with Crippen LogP contribution in [0.4, 0.5) is 9.59 Å². The topological polar surface area (TPSA) is 131 Å². The van der Waals surface area contributed by atoms with E-state index >= 15 is 0 Å². The fraction of sp³-hybridized carbons (Fsp3) is 0.550. The molecule has 1 aromatic carbocycles. The highest BCUT2D eigenvalue weighted by Crippen LogP contribution is 2.03. The molecule has 0 atom stereocenters. The lowest BCUT2D eigenvalue weighted by molar-refractivity contribution is 0.236. The van der Waals surface area contributed by atoms with Gasteiger partial charge in [0, 0.05) is 26.2 Å². The van der Waals surface area contributed by atoms with Crippen LogP contribution in [-0.4, -0.2) is 48.2 Å². The van der Waals surface area contributed by atoms with E-state index in [2.05, 4.69) is 31.2 Å². The molecule has 2 aliphatic heterocycles. The summed E-state index contributed by atoms with van der Waals surface area (Å²) in [5, 5.41) is 10.4. The number of aromatic nitrogens is 2. The van der Waals surface area contributed by atoms with Crippen molar-refractivity contribution >= 4 is 23.1 Å². The first-order valence-electron chi connectivity index (χ1n) is 10.4. The number of H-pyrrole nitrogens is 2. The molecular weight excluding hydrogens is 372 g/mol. The molecule has 2 aliphatic rings. The number of imidazole rings is 1. The van der Waals surface area contributed by atoms with Crippen molar-refractivity contribution in [1.29, 1.82) is 0 Å². The van der Waals surface area contributed by atoms with Crippen molar-refractivity contribution in [3.05, 3.63) is 34.7 Å². The maximum absolute atomic E-state index is 10.7. The van der Waals surface area contributed by atoms with E-state index in [1.165, 1.54) is 0 Å². The fourth-order valence-electron chi connectivity index (χ4n) is 1.95. The van der Waals surface area contributed by atoms with E-state index in [4.69, 9.17) is 0 Å². The molecule has 0 radical (unpaired) electrons. The van der Waals surface area contributed by atoms with Crippen LogP contribution in [0.2, 0.25) is 0 Å². The molecule has 0 saturated carbocycles. The molecule has 0 aliphatic carbocycles. The summed E-state index contributed by atoms with van der Waals surface area (Å²) in [6.45, 7) is 15.2. The number of hydrogen-bond acceptors (Lipinski definition) is 3. The van der Waals surface area contributed by atoms with Crippen LogP contribution < -0.4 is 27.0 Å². The smallest absolute Gasteiger partial charge is 0.323 e. The quantitative estimate of drug-likeness (QED) is 0.399. The van der Waals surface area contributed by atoms with Gasteiger partial charge in [-0.1, -0.05) is 53.7 Å². The van der Waals surface area contributed by atoms with Crippen molar-refractivity contribution in [2.24, 2.45) is 0 Å². The molecule has 0 spiro atoms. The van der Waals surface area contributed by atoms with Gasteiger partial charge in [-0.3, -0.25) is 0 Å². The van der Waals surface area contributed by atoms with Gasteiger partial charge in [-0.2, -0.15) is 0 Å². The number of hydrogen-bond donors (Lipinski definition) is 6. The van der Waals surface area contributed by atoms with Crippen molar-refractivity contribution in [3.8, 4) is 0 Å². The van der Waals surface area contributed by atoms with E-state index in [0.717, 1.165) is 43.6 Å². The molecule has 2 aromatic rings. The summed E-state index contributed by atoms with van der Waals surface area (Å²) in [5.41, 5.74) is 1.56. The second-order valence-electron chi connectivity index (χ2n) is 4.84. The molecule has 2 fully saturated rings. The second kappa shape index (κ2) is 19.8. The fourth-order valence-corrected chi connectivity index (χ4v) is 1.95. The zero-order valence-electron chi connectivity index (χ0n) is 18.6. The van der Waals surface area contributed by atoms with Gasteiger partial charge >= 0.3 is 17.8 Å². The molecular formula is C20H38N6O3. The second-order valence-corrected chi connectivity index (χ2v) is 4.84. The first kappa shape index (κ1) is 28.2. The zero-order valence-corrected chi connectivity index (χ0v) is 18.6. The summed E-state index contributed by atoms with van der Waals surface area (Å²) < 4.78 is 0. The lowest BCUT2D eigenvalue weighted by atomic mass is 10.3. The maximum Gasteiger partial charge on any atom is 0.323 e. The Hall–Kier alpha value is -2.97. The number of aromatic amines is 2. The van der Waals surface area contributed by atoms with E-state index in [9.17, 15) is 14.4 Å². The molecule has 9 heteroatoms. The van der Waals surface area contributed by atoms with Crippen molar-refractivity contribution in [2.45, 2.75) is 48.0 Å². The number of para-hydroxylation sites is 2. The number of urea groups is 2. The van der Waals surface area contributed by atoms with E-state index in [1.54, 1.807) is 0 Å². The van der Waals surface area contributed by atoms with E-state index in [0.29, 0.717) is 0 Å². The molecule has 3 heterocycles. The Morgan fingerprint density at radius 2 is 0.931 bits per heavy atom. The third-order valence-electron chi connectivity index (χ3n) is 3.04. The lowest BCUT2D eigenvalue weighted by Gasteiger charge is -2.11. The number of benzene rings is 1. The minimum absolute atomic E-state index is 0.0359. The van der Waals surface area contributed by atoms with Crippen molar-refractivity contribution in [3.63, 3.8) is 0 Å². The molecule has 0 unspecified atom stereocenters. The first-order chi connectivity index (χ1) is 14.1. The Balaban J connectivity index is 0. The largest absolute Gasteiger partial charge is 0.338 e. The average Bonchev–Trinajstić information content (AvgIpc) is 3.41. The molecule has 9 nitrogen and oxygen atoms in total. The lowest BCUT2D eigenvalue weighted by Crippen LogP contribution is -2.42. The van der Waals surface area contributed by atoms with Crippen LogP contribution in [0, 0.1) is 0 Å². The van der Waals surface area contributed by atoms with Gasteiger partial charge in [-0.05, 0) is 18.6 Å². The van der Waals surface area contributed by atoms with Crippen LogP contribution in [0.25, 0.3) is 11.0 Å². The predicted molar refractivity (Wildman–Crippen MR) is 120 cm³/mol. The minimum atomic E-state index is -0.152. The van der Waals surface area contributed by atoms with Crippen LogP contribution >= 0.6 is 0 Å². The van der Waals surface area contributed by atoms with E-state index in [-0.39, 0.29) is 17.8 Å². The molecule has 6 N–H and O–H groups in total. The van der Waals surface area contributed by atoms with Gasteiger partial charge in [0.05, 0.1) is 11.0 Å². The highest BCUT2D eigenvalue weighted by molar-refractivity contribution is 5.75. The van der Waals surface area contributed by atoms with Gasteiger partial charge in [0.25, 0.3) is 0 Å². The first-order valence-corrected chi connectivity index (χ1v) is 10.4. The van der Waals surface area contributed by atoms with Gasteiger partial charge in [0.1, 0.15) is 0 Å². The normalized spacial score (nSPS) is 13.2. The van der Waals surface area contributed by atoms with Gasteiger partial charge in [0.15, 0.2) is 0 Å². The summed E-state index contributed by atoms with van der Waals surface area (Å²) in [6.07, 6.45) is 1.05. The SMILES string of the molecule is CC.CC.CC.O=C1NCCCN1.O=C1NCCN1.O=c1[nH]c2ccccc2[nH]1. The Kier molecular flexibility index (Phi) is 19.3. The molecule has 29 heavy (non-hydrogen) atoms. The number of amides is 4. The van der Waals surface area contributed by atoms with Crippen molar-refractivity contribution in [2.75, 3.05) is 26.2 Å². The van der Waals surface area contributed by atoms with Gasteiger partial charge in [-0.25, -0.2) is 14.4 Å². The Morgan fingerprint density at radius 3 is 1.21 bits per heavy atom. The number of rotatable bonds is 0. The standard InChI is InChI=1S/C7H6N2O.C4H8N2O.C3H6N2O.3C2H6/c10-7-8-5-3-1-2-4-6(5)9-7;7-4-5-2-1-3-6-4;6-3-4-1-2-5-3;3*1-2/h1-4H,(H2,8,9,10);1-3H2,(H2,5,6,7);1-2H2,(H2,4,5,6);3*1-2H3. The summed E-state index contributed by atoms with van der Waals surface area (Å²) in [4.78, 5) is 36.2. The molecule has 2 saturated heterocycles. The summed E-state index contributed by atoms with van der Waals surface area (Å²) in [6, 6.07) is 7.39. The zero-order chi connectivity index (χ0) is 22.5. The van der Waals surface area contributed by atoms with Crippen LogP contribution in [0.5, 0.6) is 0 Å². The van der Waals surface area contributed by atoms with Crippen molar-refractivity contribution < 1.29 is 9.59 Å². The van der Waals surface area contributed by atoms with Crippen LogP contribution in [0.1, 0.15) is 48.0 Å². The van der Waals surface area contributed by atoms with Crippen LogP contribution in [-0.2, 0) is 0 Å². The number of carbonyl (C=O) groups excluding carboxylic acids is 2. The number of nitrogens with one attached hydrogen (secondary N) is 6. The predicted octanol–water partition coefficient (Wildman–Crippen LogP) is 2.92. The van der Waals surface area contributed by atoms with E-state index < -0.39 is 0 Å². The molecule has 4 amide bonds. The average molecular weight is 411 g/mol. The minimum Gasteiger partial charge on any atom is -0.338 e. The highest BCUT2D eigenvalue weighted by Gasteiger charge is 2.03. The van der Waals surface area contributed by atoms with E-state index in [1.807, 2.05) is 65.8 Å². The van der Waals surface area contributed by atoms with Crippen LogP contribution in [0.15, 0.2) is 29.1 Å². The molecule has 4 rings (SSSR count). The summed E-state index contributed by atoms with van der Waals surface area (Å²) in [7, 11) is 0. The van der Waals surface area contributed by atoms with Gasteiger partial charge in [0.2, 0.25) is 0 Å². The molecule has 1 aromatic heterocycles. The number of fused-ring (bicyclic) bond motifs is 1. The molecule has 166 valence electrons. The third kappa shape index (κ3) is 13.8. The Bertz CT molecular complexity index is 659. The van der Waals surface area contributed by atoms with Gasteiger partial charge < -0.3 is 31.2 Å². The number of carbonyl (C=O) groups is 2. The summed E-state index contributed by atoms with van der Waals surface area (Å²) >= 11 is 0. The van der Waals surface area contributed by atoms with Crippen molar-refractivity contribution in [1.82, 2.24) is 31.2 Å². The Labute approximate surface area is 173 Å². The van der Waals surface area contributed by atoms with Crippen LogP contribution in [0.3, 0.4) is 0 Å². The van der Waals surface area contributed by atoms with Gasteiger partial charge in [-0.15, -0.1) is 0 Å².